The molecule has 18 heavy (non-hydrogen) atoms. The first kappa shape index (κ1) is 12.9. The lowest BCUT2D eigenvalue weighted by Crippen LogP contribution is -2.08. The molecule has 0 bridgehead atoms. The normalized spacial score (nSPS) is 12.7. The Morgan fingerprint density at radius 1 is 1.33 bits per heavy atom. The minimum absolute atomic E-state index is 0.00319. The summed E-state index contributed by atoms with van der Waals surface area (Å²) in [6.45, 7) is -2.90. The summed E-state index contributed by atoms with van der Waals surface area (Å²) in [6, 6.07) is 6.22. The number of aliphatic hydroxyl groups excluding tert-OH is 1. The highest BCUT2D eigenvalue weighted by Gasteiger charge is 2.17. The predicted octanol–water partition coefficient (Wildman–Crippen LogP) is 3.02. The van der Waals surface area contributed by atoms with Crippen LogP contribution < -0.4 is 4.74 Å². The van der Waals surface area contributed by atoms with E-state index in [9.17, 15) is 13.9 Å². The number of halogens is 2. The average molecular weight is 271 g/mol. The Labute approximate surface area is 107 Å². The van der Waals surface area contributed by atoms with Crippen LogP contribution in [0, 0.1) is 0 Å². The zero-order valence-electron chi connectivity index (χ0n) is 9.29. The van der Waals surface area contributed by atoms with Gasteiger partial charge in [0.2, 0.25) is 0 Å². The van der Waals surface area contributed by atoms with E-state index in [2.05, 4.69) is 9.72 Å². The van der Waals surface area contributed by atoms with Gasteiger partial charge in [-0.25, -0.2) is 4.98 Å². The van der Waals surface area contributed by atoms with Crippen LogP contribution in [-0.2, 0) is 6.42 Å². The van der Waals surface area contributed by atoms with E-state index in [0.29, 0.717) is 5.56 Å². The van der Waals surface area contributed by atoms with Gasteiger partial charge in [-0.15, -0.1) is 11.3 Å². The third kappa shape index (κ3) is 3.24. The Balaban J connectivity index is 2.16. The molecule has 1 aromatic heterocycles. The van der Waals surface area contributed by atoms with Gasteiger partial charge in [0, 0.05) is 23.6 Å². The molecule has 2 rings (SSSR count). The third-order valence-corrected chi connectivity index (χ3v) is 3.15. The van der Waals surface area contributed by atoms with E-state index in [4.69, 9.17) is 0 Å². The Hall–Kier alpha value is -1.53. The number of nitrogens with zero attached hydrogens (tertiary/aromatic N) is 1. The molecule has 0 spiro atoms. The van der Waals surface area contributed by atoms with Crippen molar-refractivity contribution >= 4 is 11.3 Å². The molecule has 0 saturated carbocycles. The number of benzene rings is 1. The van der Waals surface area contributed by atoms with Gasteiger partial charge in [0.1, 0.15) is 5.75 Å². The summed E-state index contributed by atoms with van der Waals surface area (Å²) in [4.78, 5) is 4.04. The van der Waals surface area contributed by atoms with Gasteiger partial charge in [0.25, 0.3) is 0 Å². The summed E-state index contributed by atoms with van der Waals surface area (Å²) in [5, 5.41) is 12.6. The van der Waals surface area contributed by atoms with Crippen molar-refractivity contribution in [3.05, 3.63) is 46.4 Å². The topological polar surface area (TPSA) is 42.4 Å². The highest BCUT2D eigenvalue weighted by atomic mass is 32.1. The second kappa shape index (κ2) is 5.88. The van der Waals surface area contributed by atoms with Crippen LogP contribution in [-0.4, -0.2) is 16.7 Å². The first-order chi connectivity index (χ1) is 8.66. The molecule has 3 nitrogen and oxygen atoms in total. The summed E-state index contributed by atoms with van der Waals surface area (Å²) < 4.78 is 28.8. The van der Waals surface area contributed by atoms with Crippen molar-refractivity contribution in [2.75, 3.05) is 0 Å². The number of aliphatic hydroxyl groups is 1. The Kier molecular flexibility index (Phi) is 4.22. The van der Waals surface area contributed by atoms with Crippen LogP contribution >= 0.6 is 11.3 Å². The van der Waals surface area contributed by atoms with Gasteiger partial charge < -0.3 is 9.84 Å². The fourth-order valence-electron chi connectivity index (χ4n) is 1.59. The zero-order valence-corrected chi connectivity index (χ0v) is 10.1. The van der Waals surface area contributed by atoms with Gasteiger partial charge >= 0.3 is 6.61 Å². The van der Waals surface area contributed by atoms with Crippen LogP contribution in [0.3, 0.4) is 0 Å². The van der Waals surface area contributed by atoms with Gasteiger partial charge in [-0.3, -0.25) is 0 Å². The summed E-state index contributed by atoms with van der Waals surface area (Å²) in [5.74, 6) is -0.00319. The molecular formula is C12H11F2NO2S. The summed E-state index contributed by atoms with van der Waals surface area (Å²) in [5.41, 5.74) is 0.341. The lowest BCUT2D eigenvalue weighted by Gasteiger charge is -2.14. The number of thiazole rings is 1. The molecular weight excluding hydrogens is 260 g/mol. The second-order valence-corrected chi connectivity index (χ2v) is 4.54. The quantitative estimate of drug-likeness (QED) is 0.909. The maximum Gasteiger partial charge on any atom is 0.387 e. The first-order valence-corrected chi connectivity index (χ1v) is 6.15. The molecule has 1 aromatic carbocycles. The van der Waals surface area contributed by atoms with E-state index in [1.807, 2.05) is 0 Å². The number of hydrogen-bond acceptors (Lipinski definition) is 4. The molecule has 2 aromatic rings. The molecule has 6 heteroatoms. The highest BCUT2D eigenvalue weighted by Crippen LogP contribution is 2.29. The van der Waals surface area contributed by atoms with Gasteiger partial charge in [0.15, 0.2) is 0 Å². The zero-order chi connectivity index (χ0) is 13.0. The van der Waals surface area contributed by atoms with Crippen molar-refractivity contribution in [3.63, 3.8) is 0 Å². The van der Waals surface area contributed by atoms with Crippen molar-refractivity contribution in [1.29, 1.82) is 0 Å². The SMILES string of the molecule is OC(Cc1nccs1)c1ccccc1OC(F)F. The van der Waals surface area contributed by atoms with E-state index >= 15 is 0 Å². The molecule has 1 heterocycles. The van der Waals surface area contributed by atoms with Crippen LogP contribution in [0.5, 0.6) is 5.75 Å². The molecule has 1 unspecified atom stereocenters. The maximum atomic E-state index is 12.2. The minimum Gasteiger partial charge on any atom is -0.434 e. The van der Waals surface area contributed by atoms with Crippen molar-refractivity contribution in [2.45, 2.75) is 19.1 Å². The number of rotatable bonds is 5. The molecule has 0 fully saturated rings. The summed E-state index contributed by atoms with van der Waals surface area (Å²) in [7, 11) is 0. The standard InChI is InChI=1S/C12H11F2NO2S/c13-12(14)17-10-4-2-1-3-8(10)9(16)7-11-15-5-6-18-11/h1-6,9,12,16H,7H2. The largest absolute Gasteiger partial charge is 0.434 e. The molecule has 0 aliphatic rings. The highest BCUT2D eigenvalue weighted by molar-refractivity contribution is 7.09. The number of para-hydroxylation sites is 1. The number of aromatic nitrogens is 1. The molecule has 0 aliphatic heterocycles. The van der Waals surface area contributed by atoms with Crippen molar-refractivity contribution in [1.82, 2.24) is 4.98 Å². The van der Waals surface area contributed by atoms with Crippen molar-refractivity contribution < 1.29 is 18.6 Å². The predicted molar refractivity (Wildman–Crippen MR) is 63.9 cm³/mol. The van der Waals surface area contributed by atoms with Crippen LogP contribution in [0.1, 0.15) is 16.7 Å². The monoisotopic (exact) mass is 271 g/mol. The van der Waals surface area contributed by atoms with Crippen molar-refractivity contribution in [2.24, 2.45) is 0 Å². The van der Waals surface area contributed by atoms with Gasteiger partial charge in [-0.1, -0.05) is 18.2 Å². The fraction of sp³-hybridized carbons (Fsp3) is 0.250. The van der Waals surface area contributed by atoms with Crippen LogP contribution in [0.2, 0.25) is 0 Å². The maximum absolute atomic E-state index is 12.2. The van der Waals surface area contributed by atoms with Gasteiger partial charge in [-0.2, -0.15) is 8.78 Å². The van der Waals surface area contributed by atoms with E-state index < -0.39 is 12.7 Å². The van der Waals surface area contributed by atoms with Gasteiger partial charge in [0.05, 0.1) is 11.1 Å². The lowest BCUT2D eigenvalue weighted by molar-refractivity contribution is -0.0515. The molecule has 96 valence electrons. The second-order valence-electron chi connectivity index (χ2n) is 3.56. The molecule has 0 saturated heterocycles. The molecule has 0 amide bonds. The summed E-state index contributed by atoms with van der Waals surface area (Å²) in [6.07, 6.45) is 1.00. The van der Waals surface area contributed by atoms with E-state index in [-0.39, 0.29) is 12.2 Å². The fourth-order valence-corrected chi connectivity index (χ4v) is 2.24. The number of alkyl halides is 2. The molecule has 0 radical (unpaired) electrons. The molecule has 1 atom stereocenters. The third-order valence-electron chi connectivity index (χ3n) is 2.35. The molecule has 1 N–H and O–H groups in total. The Morgan fingerprint density at radius 2 is 2.11 bits per heavy atom. The van der Waals surface area contributed by atoms with Crippen LogP contribution in [0.4, 0.5) is 8.78 Å². The Bertz CT molecular complexity index is 491. The number of hydrogen-bond donors (Lipinski definition) is 1. The number of ether oxygens (including phenoxy) is 1. The van der Waals surface area contributed by atoms with Crippen LogP contribution in [0.15, 0.2) is 35.8 Å². The van der Waals surface area contributed by atoms with Crippen LogP contribution in [0.25, 0.3) is 0 Å². The smallest absolute Gasteiger partial charge is 0.387 e. The van der Waals surface area contributed by atoms with Gasteiger partial charge in [-0.05, 0) is 6.07 Å². The van der Waals surface area contributed by atoms with E-state index in [0.717, 1.165) is 5.01 Å². The average Bonchev–Trinajstić information content (AvgIpc) is 2.81. The lowest BCUT2D eigenvalue weighted by atomic mass is 10.1. The minimum atomic E-state index is -2.90. The summed E-state index contributed by atoms with van der Waals surface area (Å²) >= 11 is 1.41. The van der Waals surface area contributed by atoms with E-state index in [1.165, 1.54) is 17.4 Å². The Morgan fingerprint density at radius 3 is 2.78 bits per heavy atom. The van der Waals surface area contributed by atoms with E-state index in [1.54, 1.807) is 29.8 Å². The first-order valence-electron chi connectivity index (χ1n) is 5.27. The molecule has 0 aliphatic carbocycles. The van der Waals surface area contributed by atoms with Crippen molar-refractivity contribution in [3.8, 4) is 5.75 Å².